The van der Waals surface area contributed by atoms with Gasteiger partial charge in [-0.15, -0.1) is 22.7 Å². The third-order valence-corrected chi connectivity index (χ3v) is 12.7. The maximum absolute atomic E-state index is 12.6. The fourth-order valence-corrected chi connectivity index (χ4v) is 9.40. The molecule has 0 aliphatic heterocycles. The molecule has 0 aliphatic carbocycles. The van der Waals surface area contributed by atoms with Gasteiger partial charge in [-0.2, -0.15) is 0 Å². The van der Waals surface area contributed by atoms with Crippen LogP contribution < -0.4 is 20.1 Å². The lowest BCUT2D eigenvalue weighted by atomic mass is 10.3. The minimum atomic E-state index is -4.03. The van der Waals surface area contributed by atoms with E-state index >= 15 is 0 Å². The van der Waals surface area contributed by atoms with Crippen molar-refractivity contribution in [1.29, 1.82) is 0 Å². The Morgan fingerprint density at radius 1 is 0.600 bits per heavy atom. The SMILES string of the molecule is O=C(Nc1cccc(Cl)c1)c1sccc1NS(=O)(=O)c1ccc(Cl)cc1Cl.O=C(Nc1cccc(Cl)c1)c1sccc1NS(=O)(=O)c1ccc([N+](=O)[O-])cc1. The number of rotatable bonds is 11. The van der Waals surface area contributed by atoms with Crippen LogP contribution in [0.4, 0.5) is 28.4 Å². The van der Waals surface area contributed by atoms with Crippen LogP contribution in [0.25, 0.3) is 0 Å². The lowest BCUT2D eigenvalue weighted by Gasteiger charge is -2.11. The van der Waals surface area contributed by atoms with Gasteiger partial charge in [0.1, 0.15) is 14.6 Å². The number of amides is 2. The van der Waals surface area contributed by atoms with Gasteiger partial charge >= 0.3 is 0 Å². The highest BCUT2D eigenvalue weighted by atomic mass is 35.5. The smallest absolute Gasteiger partial charge is 0.269 e. The predicted octanol–water partition coefficient (Wildman–Crippen LogP) is 10.1. The van der Waals surface area contributed by atoms with Gasteiger partial charge in [-0.05, 0) is 89.6 Å². The molecule has 284 valence electrons. The Morgan fingerprint density at radius 2 is 1.07 bits per heavy atom. The maximum Gasteiger partial charge on any atom is 0.269 e. The standard InChI is InChI=1S/C17H11Cl3N2O3S2.C17H12ClN3O5S2/c18-10-2-1-3-12(8-10)21-17(23)16-14(6-7-26-16)22-27(24,25)15-5-4-11(19)9-13(15)20;18-11-2-1-3-12(10-11)19-17(22)16-15(8-9-27-16)20-28(25,26)14-6-4-13(5-7-14)21(23)24/h1-9,22H,(H,21,23);1-10,20H,(H,19,22). The van der Waals surface area contributed by atoms with Crippen LogP contribution in [0.2, 0.25) is 20.1 Å². The first-order chi connectivity index (χ1) is 26.0. The summed E-state index contributed by atoms with van der Waals surface area (Å²) in [6, 6.07) is 24.6. The Bertz CT molecular complexity index is 2620. The Hall–Kier alpha value is -4.72. The highest BCUT2D eigenvalue weighted by molar-refractivity contribution is 7.93. The second-order valence-electron chi connectivity index (χ2n) is 10.8. The second-order valence-corrected chi connectivity index (χ2v) is 17.7. The van der Waals surface area contributed by atoms with Crippen LogP contribution in [-0.4, -0.2) is 33.6 Å². The summed E-state index contributed by atoms with van der Waals surface area (Å²) in [6.07, 6.45) is 0. The van der Waals surface area contributed by atoms with E-state index in [2.05, 4.69) is 20.1 Å². The van der Waals surface area contributed by atoms with E-state index in [1.807, 2.05) is 0 Å². The average molecular weight is 900 g/mol. The van der Waals surface area contributed by atoms with Crippen molar-refractivity contribution in [2.45, 2.75) is 9.79 Å². The maximum atomic E-state index is 12.6. The molecular formula is C34H23Cl4N5O8S4. The minimum absolute atomic E-state index is 0.0184. The highest BCUT2D eigenvalue weighted by Gasteiger charge is 2.23. The molecule has 0 spiro atoms. The van der Waals surface area contributed by atoms with E-state index < -0.39 is 36.8 Å². The fourth-order valence-electron chi connectivity index (χ4n) is 4.48. The highest BCUT2D eigenvalue weighted by Crippen LogP contribution is 2.31. The number of nitrogens with one attached hydrogen (secondary N) is 4. The molecule has 0 atom stereocenters. The number of hydrogen-bond acceptors (Lipinski definition) is 10. The number of carbonyl (C=O) groups excluding carboxylic acids is 2. The zero-order valence-electron chi connectivity index (χ0n) is 27.3. The van der Waals surface area contributed by atoms with Gasteiger partial charge in [-0.25, -0.2) is 16.8 Å². The number of sulfonamides is 2. The largest absolute Gasteiger partial charge is 0.321 e. The number of halogens is 4. The molecule has 0 unspecified atom stereocenters. The molecule has 0 bridgehead atoms. The Labute approximate surface area is 342 Å². The third-order valence-electron chi connectivity index (χ3n) is 6.94. The number of thiophene rings is 2. The molecule has 0 saturated heterocycles. The second kappa shape index (κ2) is 17.8. The van der Waals surface area contributed by atoms with Crippen molar-refractivity contribution in [1.82, 2.24) is 0 Å². The first-order valence-corrected chi connectivity index (χ1v) is 21.3. The minimum Gasteiger partial charge on any atom is -0.321 e. The number of nitrogens with zero attached hydrogens (tertiary/aromatic N) is 1. The predicted molar refractivity (Wildman–Crippen MR) is 219 cm³/mol. The summed E-state index contributed by atoms with van der Waals surface area (Å²) in [4.78, 5) is 35.1. The number of non-ortho nitro benzene ring substituents is 1. The molecule has 13 nitrogen and oxygen atoms in total. The molecule has 0 radical (unpaired) electrons. The van der Waals surface area contributed by atoms with E-state index in [1.54, 1.807) is 59.3 Å². The lowest BCUT2D eigenvalue weighted by molar-refractivity contribution is -0.384. The number of carbonyl (C=O) groups is 2. The van der Waals surface area contributed by atoms with Gasteiger partial charge in [0, 0.05) is 38.6 Å². The molecule has 0 fully saturated rings. The normalized spacial score (nSPS) is 11.1. The van der Waals surface area contributed by atoms with Crippen LogP contribution in [0.3, 0.4) is 0 Å². The summed E-state index contributed by atoms with van der Waals surface area (Å²) in [5, 5.41) is 20.4. The third kappa shape index (κ3) is 11.0. The molecule has 2 aromatic heterocycles. The van der Waals surface area contributed by atoms with Crippen molar-refractivity contribution in [3.05, 3.63) is 154 Å². The van der Waals surface area contributed by atoms with Gasteiger partial charge in [0.15, 0.2) is 0 Å². The number of nitro groups is 1. The monoisotopic (exact) mass is 897 g/mol. The van der Waals surface area contributed by atoms with Crippen molar-refractivity contribution in [2.75, 3.05) is 20.1 Å². The van der Waals surface area contributed by atoms with Crippen LogP contribution >= 0.6 is 69.1 Å². The van der Waals surface area contributed by atoms with Crippen molar-refractivity contribution in [2.24, 2.45) is 0 Å². The van der Waals surface area contributed by atoms with Crippen molar-refractivity contribution in [3.8, 4) is 0 Å². The van der Waals surface area contributed by atoms with E-state index in [-0.39, 0.29) is 41.6 Å². The molecule has 2 amide bonds. The van der Waals surface area contributed by atoms with Gasteiger partial charge in [0.2, 0.25) is 0 Å². The Balaban J connectivity index is 0.000000211. The molecule has 2 heterocycles. The zero-order valence-corrected chi connectivity index (χ0v) is 33.6. The van der Waals surface area contributed by atoms with E-state index in [0.717, 1.165) is 46.9 Å². The van der Waals surface area contributed by atoms with E-state index in [1.165, 1.54) is 30.3 Å². The summed E-state index contributed by atoms with van der Waals surface area (Å²) in [7, 11) is -8.03. The van der Waals surface area contributed by atoms with Gasteiger partial charge < -0.3 is 10.6 Å². The number of nitro benzene ring substituents is 1. The van der Waals surface area contributed by atoms with Crippen molar-refractivity contribution < 1.29 is 31.3 Å². The Kier molecular flexibility index (Phi) is 13.4. The molecule has 4 aromatic carbocycles. The van der Waals surface area contributed by atoms with E-state index in [0.29, 0.717) is 26.4 Å². The van der Waals surface area contributed by atoms with Crippen LogP contribution in [0.5, 0.6) is 0 Å². The zero-order chi connectivity index (χ0) is 39.9. The van der Waals surface area contributed by atoms with Crippen LogP contribution in [-0.2, 0) is 20.0 Å². The fraction of sp³-hybridized carbons (Fsp3) is 0. The van der Waals surface area contributed by atoms with Crippen LogP contribution in [0.15, 0.2) is 124 Å². The van der Waals surface area contributed by atoms with Crippen LogP contribution in [0.1, 0.15) is 19.3 Å². The van der Waals surface area contributed by atoms with Crippen molar-refractivity contribution >= 4 is 129 Å². The summed E-state index contributed by atoms with van der Waals surface area (Å²) in [6.45, 7) is 0. The molecule has 21 heteroatoms. The molecular weight excluding hydrogens is 876 g/mol. The number of anilines is 4. The molecule has 0 saturated carbocycles. The van der Waals surface area contributed by atoms with Crippen LogP contribution in [0, 0.1) is 10.1 Å². The summed E-state index contributed by atoms with van der Waals surface area (Å²) < 4.78 is 55.0. The summed E-state index contributed by atoms with van der Waals surface area (Å²) in [5.74, 6) is -0.967. The Morgan fingerprint density at radius 3 is 1.53 bits per heavy atom. The van der Waals surface area contributed by atoms with Crippen molar-refractivity contribution in [3.63, 3.8) is 0 Å². The first kappa shape index (κ1) is 41.4. The van der Waals surface area contributed by atoms with Gasteiger partial charge in [-0.1, -0.05) is 58.5 Å². The topological polar surface area (TPSA) is 194 Å². The van der Waals surface area contributed by atoms with E-state index in [9.17, 15) is 36.5 Å². The van der Waals surface area contributed by atoms with Gasteiger partial charge in [0.05, 0.1) is 26.2 Å². The summed E-state index contributed by atoms with van der Waals surface area (Å²) >= 11 is 25.7. The lowest BCUT2D eigenvalue weighted by Crippen LogP contribution is -2.17. The van der Waals surface area contributed by atoms with Gasteiger partial charge in [0.25, 0.3) is 37.5 Å². The quantitative estimate of drug-likeness (QED) is 0.0729. The van der Waals surface area contributed by atoms with Gasteiger partial charge in [-0.3, -0.25) is 29.1 Å². The molecule has 6 aromatic rings. The average Bonchev–Trinajstić information content (AvgIpc) is 3.77. The molecule has 0 aliphatic rings. The molecule has 55 heavy (non-hydrogen) atoms. The number of hydrogen-bond donors (Lipinski definition) is 4. The summed E-state index contributed by atoms with van der Waals surface area (Å²) in [5.41, 5.74) is 0.982. The van der Waals surface area contributed by atoms with E-state index in [4.69, 9.17) is 46.4 Å². The number of benzene rings is 4. The molecule has 4 N–H and O–H groups in total. The first-order valence-electron chi connectivity index (χ1n) is 15.1. The molecule has 6 rings (SSSR count).